The average molecular weight is 230 g/mol. The van der Waals surface area contributed by atoms with Gasteiger partial charge in [0.15, 0.2) is 5.75 Å². The first-order chi connectivity index (χ1) is 8.22. The van der Waals surface area contributed by atoms with Crippen LogP contribution in [0.25, 0.3) is 11.1 Å². The molecule has 0 fully saturated rings. The molecule has 0 amide bonds. The number of hydrogen-bond acceptors (Lipinski definition) is 4. The molecular formula is C12H10N2O3. The van der Waals surface area contributed by atoms with Gasteiger partial charge in [0.05, 0.1) is 12.0 Å². The number of benzene rings is 1. The predicted molar refractivity (Wildman–Crippen MR) is 62.9 cm³/mol. The molecule has 0 aliphatic rings. The van der Waals surface area contributed by atoms with Crippen molar-refractivity contribution in [1.82, 2.24) is 4.98 Å². The number of rotatable bonds is 3. The molecular weight excluding hydrogens is 220 g/mol. The van der Waals surface area contributed by atoms with Gasteiger partial charge in [0.25, 0.3) is 0 Å². The lowest BCUT2D eigenvalue weighted by molar-refractivity contribution is -0.385. The lowest BCUT2D eigenvalue weighted by Gasteiger charge is -2.04. The first-order valence-corrected chi connectivity index (χ1v) is 4.95. The molecule has 2 rings (SSSR count). The molecule has 1 heterocycles. The van der Waals surface area contributed by atoms with Gasteiger partial charge >= 0.3 is 5.69 Å². The third kappa shape index (κ3) is 2.23. The maximum atomic E-state index is 10.9. The Bertz CT molecular complexity index is 541. The Kier molecular flexibility index (Phi) is 3.00. The average Bonchev–Trinajstić information content (AvgIpc) is 2.39. The molecule has 0 aliphatic heterocycles. The van der Waals surface area contributed by atoms with E-state index in [-0.39, 0.29) is 11.4 Å². The number of nitro benzene ring substituents is 1. The summed E-state index contributed by atoms with van der Waals surface area (Å²) in [6, 6.07) is 8.46. The molecule has 0 radical (unpaired) electrons. The van der Waals surface area contributed by atoms with Crippen molar-refractivity contribution in [1.29, 1.82) is 0 Å². The van der Waals surface area contributed by atoms with Crippen molar-refractivity contribution in [3.63, 3.8) is 0 Å². The maximum absolute atomic E-state index is 10.9. The number of ether oxygens (including phenoxy) is 1. The Morgan fingerprint density at radius 2 is 1.88 bits per heavy atom. The molecule has 5 heteroatoms. The Morgan fingerprint density at radius 3 is 2.47 bits per heavy atom. The van der Waals surface area contributed by atoms with Crippen LogP contribution in [-0.4, -0.2) is 17.0 Å². The Morgan fingerprint density at radius 1 is 1.18 bits per heavy atom. The first kappa shape index (κ1) is 11.1. The van der Waals surface area contributed by atoms with Crippen LogP contribution in [0.4, 0.5) is 5.69 Å². The highest BCUT2D eigenvalue weighted by atomic mass is 16.6. The molecule has 0 aliphatic carbocycles. The highest BCUT2D eigenvalue weighted by molar-refractivity contribution is 5.68. The van der Waals surface area contributed by atoms with Crippen LogP contribution in [0.15, 0.2) is 42.7 Å². The molecule has 0 bridgehead atoms. The van der Waals surface area contributed by atoms with Crippen molar-refractivity contribution in [2.75, 3.05) is 7.11 Å². The second-order valence-corrected chi connectivity index (χ2v) is 3.38. The summed E-state index contributed by atoms with van der Waals surface area (Å²) in [5, 5.41) is 10.9. The van der Waals surface area contributed by atoms with Gasteiger partial charge in [-0.1, -0.05) is 6.07 Å². The lowest BCUT2D eigenvalue weighted by atomic mass is 10.1. The monoisotopic (exact) mass is 230 g/mol. The predicted octanol–water partition coefficient (Wildman–Crippen LogP) is 2.67. The molecule has 2 aromatic rings. The minimum absolute atomic E-state index is 0.0400. The van der Waals surface area contributed by atoms with E-state index in [2.05, 4.69) is 4.98 Å². The zero-order valence-corrected chi connectivity index (χ0v) is 9.16. The third-order valence-electron chi connectivity index (χ3n) is 2.39. The first-order valence-electron chi connectivity index (χ1n) is 4.95. The molecule has 86 valence electrons. The summed E-state index contributed by atoms with van der Waals surface area (Å²) in [4.78, 5) is 14.3. The van der Waals surface area contributed by atoms with Gasteiger partial charge in [0.2, 0.25) is 0 Å². The molecule has 0 saturated heterocycles. The van der Waals surface area contributed by atoms with Crippen LogP contribution in [0.3, 0.4) is 0 Å². The van der Waals surface area contributed by atoms with Gasteiger partial charge in [0.1, 0.15) is 0 Å². The second-order valence-electron chi connectivity index (χ2n) is 3.38. The molecule has 0 unspecified atom stereocenters. The van der Waals surface area contributed by atoms with E-state index in [0.717, 1.165) is 11.1 Å². The van der Waals surface area contributed by atoms with Crippen molar-refractivity contribution in [3.8, 4) is 16.9 Å². The van der Waals surface area contributed by atoms with E-state index < -0.39 is 4.92 Å². The summed E-state index contributed by atoms with van der Waals surface area (Å²) in [6.07, 6.45) is 3.29. The molecule has 0 atom stereocenters. The van der Waals surface area contributed by atoms with Gasteiger partial charge in [-0.3, -0.25) is 15.1 Å². The summed E-state index contributed by atoms with van der Waals surface area (Å²) < 4.78 is 4.94. The standard InChI is InChI=1S/C12H10N2O3/c1-17-12-3-2-10(8-11(12)14(15)16)9-4-6-13-7-5-9/h2-8H,1H3. The van der Waals surface area contributed by atoms with Crippen LogP contribution in [0.2, 0.25) is 0 Å². The van der Waals surface area contributed by atoms with E-state index in [1.165, 1.54) is 13.2 Å². The molecule has 1 aromatic carbocycles. The number of methoxy groups -OCH3 is 1. The number of hydrogen-bond donors (Lipinski definition) is 0. The van der Waals surface area contributed by atoms with Crippen LogP contribution in [0.5, 0.6) is 5.75 Å². The highest BCUT2D eigenvalue weighted by Crippen LogP contribution is 2.31. The Balaban J connectivity index is 2.51. The van der Waals surface area contributed by atoms with Crippen LogP contribution >= 0.6 is 0 Å². The normalized spacial score (nSPS) is 9.94. The third-order valence-corrected chi connectivity index (χ3v) is 2.39. The molecule has 0 N–H and O–H groups in total. The molecule has 17 heavy (non-hydrogen) atoms. The zero-order chi connectivity index (χ0) is 12.3. The summed E-state index contributed by atoms with van der Waals surface area (Å²) in [5.41, 5.74) is 1.60. The zero-order valence-electron chi connectivity index (χ0n) is 9.16. The molecule has 5 nitrogen and oxygen atoms in total. The molecule has 1 aromatic heterocycles. The van der Waals surface area contributed by atoms with E-state index >= 15 is 0 Å². The minimum Gasteiger partial charge on any atom is -0.490 e. The van der Waals surface area contributed by atoms with Crippen molar-refractivity contribution in [3.05, 3.63) is 52.8 Å². The van der Waals surface area contributed by atoms with Crippen LogP contribution in [0, 0.1) is 10.1 Å². The fraction of sp³-hybridized carbons (Fsp3) is 0.0833. The number of aromatic nitrogens is 1. The van der Waals surface area contributed by atoms with Crippen LogP contribution in [0.1, 0.15) is 0 Å². The minimum atomic E-state index is -0.455. The number of nitrogens with zero attached hydrogens (tertiary/aromatic N) is 2. The summed E-state index contributed by atoms with van der Waals surface area (Å²) >= 11 is 0. The van der Waals surface area contributed by atoms with Gasteiger partial charge in [-0.2, -0.15) is 0 Å². The SMILES string of the molecule is COc1ccc(-c2ccncc2)cc1[N+](=O)[O-]. The van der Waals surface area contributed by atoms with E-state index in [1.807, 2.05) is 0 Å². The fourth-order valence-electron chi connectivity index (χ4n) is 1.56. The lowest BCUT2D eigenvalue weighted by Crippen LogP contribution is -1.94. The largest absolute Gasteiger partial charge is 0.490 e. The Hall–Kier alpha value is -2.43. The topological polar surface area (TPSA) is 65.3 Å². The Labute approximate surface area is 97.8 Å². The van der Waals surface area contributed by atoms with Gasteiger partial charge in [-0.25, -0.2) is 0 Å². The van der Waals surface area contributed by atoms with Gasteiger partial charge in [0, 0.05) is 18.5 Å². The quantitative estimate of drug-likeness (QED) is 0.600. The van der Waals surface area contributed by atoms with Crippen LogP contribution < -0.4 is 4.74 Å². The highest BCUT2D eigenvalue weighted by Gasteiger charge is 2.15. The van der Waals surface area contributed by atoms with Crippen molar-refractivity contribution < 1.29 is 9.66 Å². The second kappa shape index (κ2) is 4.61. The van der Waals surface area contributed by atoms with E-state index in [0.29, 0.717) is 0 Å². The van der Waals surface area contributed by atoms with E-state index in [9.17, 15) is 10.1 Å². The summed E-state index contributed by atoms with van der Waals surface area (Å²) in [7, 11) is 1.41. The maximum Gasteiger partial charge on any atom is 0.311 e. The number of pyridine rings is 1. The summed E-state index contributed by atoms with van der Waals surface area (Å²) in [6.45, 7) is 0. The van der Waals surface area contributed by atoms with Gasteiger partial charge in [-0.15, -0.1) is 0 Å². The fourth-order valence-corrected chi connectivity index (χ4v) is 1.56. The van der Waals surface area contributed by atoms with E-state index in [1.54, 1.807) is 36.7 Å². The molecule has 0 spiro atoms. The van der Waals surface area contributed by atoms with Crippen molar-refractivity contribution in [2.45, 2.75) is 0 Å². The van der Waals surface area contributed by atoms with E-state index in [4.69, 9.17) is 4.74 Å². The molecule has 0 saturated carbocycles. The van der Waals surface area contributed by atoms with Crippen molar-refractivity contribution >= 4 is 5.69 Å². The van der Waals surface area contributed by atoms with Gasteiger partial charge < -0.3 is 4.74 Å². The van der Waals surface area contributed by atoms with Crippen LogP contribution in [-0.2, 0) is 0 Å². The number of nitro groups is 1. The van der Waals surface area contributed by atoms with Gasteiger partial charge in [-0.05, 0) is 29.3 Å². The van der Waals surface area contributed by atoms with Crippen molar-refractivity contribution in [2.24, 2.45) is 0 Å². The smallest absolute Gasteiger partial charge is 0.311 e. The summed E-state index contributed by atoms with van der Waals surface area (Å²) in [5.74, 6) is 0.257.